The van der Waals surface area contributed by atoms with Crippen LogP contribution in [0.1, 0.15) is 51.9 Å². The normalized spacial score (nSPS) is 18.4. The number of ketones is 1. The molecule has 0 aliphatic carbocycles. The van der Waals surface area contributed by atoms with Gasteiger partial charge in [-0.15, -0.1) is 0 Å². The Labute approximate surface area is 116 Å². The maximum atomic E-state index is 11.6. The molecular formula is C16H24N2O. The Morgan fingerprint density at radius 2 is 1.58 bits per heavy atom. The van der Waals surface area contributed by atoms with Crippen LogP contribution in [0.3, 0.4) is 0 Å². The third-order valence-electron chi connectivity index (χ3n) is 3.86. The summed E-state index contributed by atoms with van der Waals surface area (Å²) < 4.78 is 0. The highest BCUT2D eigenvalue weighted by Gasteiger charge is 2.35. The minimum absolute atomic E-state index is 0.127. The molecule has 0 bridgehead atoms. The van der Waals surface area contributed by atoms with Crippen molar-refractivity contribution in [2.75, 3.05) is 9.80 Å². The number of carbonyl (C=O) groups is 1. The molecule has 1 aromatic carbocycles. The minimum atomic E-state index is 0.127. The van der Waals surface area contributed by atoms with E-state index in [4.69, 9.17) is 0 Å². The quantitative estimate of drug-likeness (QED) is 0.775. The first kappa shape index (κ1) is 13.9. The highest BCUT2D eigenvalue weighted by atomic mass is 16.1. The zero-order valence-electron chi connectivity index (χ0n) is 12.8. The van der Waals surface area contributed by atoms with E-state index < -0.39 is 0 Å². The van der Waals surface area contributed by atoms with E-state index in [0.29, 0.717) is 18.2 Å². The molecule has 0 saturated carbocycles. The molecule has 1 aliphatic rings. The number of nitrogens with zero attached hydrogens (tertiary/aromatic N) is 2. The molecule has 1 unspecified atom stereocenters. The molecule has 0 amide bonds. The second-order valence-corrected chi connectivity index (χ2v) is 5.89. The van der Waals surface area contributed by atoms with E-state index in [-0.39, 0.29) is 5.78 Å². The molecule has 3 heteroatoms. The largest absolute Gasteiger partial charge is 0.347 e. The highest BCUT2D eigenvalue weighted by molar-refractivity contribution is 5.97. The van der Waals surface area contributed by atoms with Gasteiger partial charge in [0.05, 0.1) is 17.5 Å². The summed E-state index contributed by atoms with van der Waals surface area (Å²) in [5, 5.41) is 0. The molecule has 1 aliphatic heterocycles. The van der Waals surface area contributed by atoms with Gasteiger partial charge < -0.3 is 9.80 Å². The zero-order chi connectivity index (χ0) is 14.3. The maximum Gasteiger partial charge on any atom is 0.159 e. The number of benzene rings is 1. The van der Waals surface area contributed by atoms with Crippen molar-refractivity contribution >= 4 is 17.2 Å². The molecule has 0 spiro atoms. The Morgan fingerprint density at radius 1 is 1.05 bits per heavy atom. The highest BCUT2D eigenvalue weighted by Crippen LogP contribution is 2.42. The van der Waals surface area contributed by atoms with Gasteiger partial charge in [0.25, 0.3) is 0 Å². The Balaban J connectivity index is 2.56. The number of hydrogen-bond acceptors (Lipinski definition) is 3. The Kier molecular flexibility index (Phi) is 3.57. The summed E-state index contributed by atoms with van der Waals surface area (Å²) in [5.41, 5.74) is 3.22. The molecule has 3 nitrogen and oxygen atoms in total. The van der Waals surface area contributed by atoms with Crippen LogP contribution in [0.4, 0.5) is 11.4 Å². The monoisotopic (exact) mass is 260 g/mol. The van der Waals surface area contributed by atoms with Crippen molar-refractivity contribution < 1.29 is 4.79 Å². The van der Waals surface area contributed by atoms with Gasteiger partial charge in [0, 0.05) is 17.6 Å². The summed E-state index contributed by atoms with van der Waals surface area (Å²) in [5.74, 6) is 0.127. The van der Waals surface area contributed by atoms with Crippen LogP contribution in [0.15, 0.2) is 18.2 Å². The van der Waals surface area contributed by atoms with Crippen LogP contribution in [0, 0.1) is 0 Å². The van der Waals surface area contributed by atoms with Crippen LogP contribution in [0.25, 0.3) is 0 Å². The lowest BCUT2D eigenvalue weighted by atomic mass is 10.1. The minimum Gasteiger partial charge on any atom is -0.347 e. The molecule has 1 heterocycles. The number of carbonyl (C=O) groups excluding carboxylic acids is 1. The second-order valence-electron chi connectivity index (χ2n) is 5.89. The van der Waals surface area contributed by atoms with Crippen LogP contribution >= 0.6 is 0 Å². The first-order valence-corrected chi connectivity index (χ1v) is 7.06. The van der Waals surface area contributed by atoms with Gasteiger partial charge >= 0.3 is 0 Å². The van der Waals surface area contributed by atoms with Crippen molar-refractivity contribution in [1.82, 2.24) is 0 Å². The van der Waals surface area contributed by atoms with Crippen LogP contribution in [0.2, 0.25) is 0 Å². The van der Waals surface area contributed by atoms with Gasteiger partial charge in [0.1, 0.15) is 0 Å². The van der Waals surface area contributed by atoms with E-state index >= 15 is 0 Å². The summed E-state index contributed by atoms with van der Waals surface area (Å²) >= 11 is 0. The van der Waals surface area contributed by atoms with Crippen molar-refractivity contribution in [2.24, 2.45) is 0 Å². The van der Waals surface area contributed by atoms with Crippen LogP contribution in [0.5, 0.6) is 0 Å². The molecule has 0 fully saturated rings. The summed E-state index contributed by atoms with van der Waals surface area (Å²) in [6.45, 7) is 12.7. The van der Waals surface area contributed by atoms with Gasteiger partial charge in [-0.1, -0.05) is 0 Å². The summed E-state index contributed by atoms with van der Waals surface area (Å²) in [6.07, 6.45) is 0.331. The van der Waals surface area contributed by atoms with E-state index in [2.05, 4.69) is 50.5 Å². The molecule has 1 aromatic rings. The SMILES string of the molecule is CC(=O)c1ccc2c(c1)N(C(C)C)C(C)N2C(C)C. The van der Waals surface area contributed by atoms with E-state index in [0.717, 1.165) is 5.56 Å². The van der Waals surface area contributed by atoms with Crippen molar-refractivity contribution in [3.05, 3.63) is 23.8 Å². The molecule has 0 aromatic heterocycles. The fourth-order valence-corrected chi connectivity index (χ4v) is 3.12. The number of fused-ring (bicyclic) bond motifs is 1. The van der Waals surface area contributed by atoms with Gasteiger partial charge in [0.2, 0.25) is 0 Å². The summed E-state index contributed by atoms with van der Waals surface area (Å²) in [4.78, 5) is 16.4. The van der Waals surface area contributed by atoms with Crippen LogP contribution in [-0.4, -0.2) is 24.0 Å². The predicted molar refractivity (Wildman–Crippen MR) is 81.1 cm³/mol. The van der Waals surface area contributed by atoms with E-state index in [1.54, 1.807) is 6.92 Å². The molecule has 0 N–H and O–H groups in total. The third-order valence-corrected chi connectivity index (χ3v) is 3.86. The van der Waals surface area contributed by atoms with E-state index in [1.807, 2.05) is 12.1 Å². The van der Waals surface area contributed by atoms with Crippen molar-refractivity contribution in [3.8, 4) is 0 Å². The third kappa shape index (κ3) is 2.22. The van der Waals surface area contributed by atoms with E-state index in [1.165, 1.54) is 11.4 Å². The molecule has 19 heavy (non-hydrogen) atoms. The van der Waals surface area contributed by atoms with Gasteiger partial charge in [0.15, 0.2) is 5.78 Å². The topological polar surface area (TPSA) is 23.6 Å². The lowest BCUT2D eigenvalue weighted by Gasteiger charge is -2.35. The molecule has 1 atom stereocenters. The summed E-state index contributed by atoms with van der Waals surface area (Å²) in [6, 6.07) is 6.93. The lowest BCUT2D eigenvalue weighted by Crippen LogP contribution is -2.47. The number of hydrogen-bond donors (Lipinski definition) is 0. The first-order valence-electron chi connectivity index (χ1n) is 7.06. The smallest absolute Gasteiger partial charge is 0.159 e. The zero-order valence-corrected chi connectivity index (χ0v) is 12.8. The van der Waals surface area contributed by atoms with Crippen LogP contribution < -0.4 is 9.80 Å². The average molecular weight is 260 g/mol. The summed E-state index contributed by atoms with van der Waals surface area (Å²) in [7, 11) is 0. The molecule has 0 saturated heterocycles. The van der Waals surface area contributed by atoms with Crippen molar-refractivity contribution in [2.45, 2.75) is 59.8 Å². The molecule has 2 rings (SSSR count). The first-order chi connectivity index (χ1) is 8.84. The van der Waals surface area contributed by atoms with Gasteiger partial charge in [-0.2, -0.15) is 0 Å². The Hall–Kier alpha value is -1.51. The standard InChI is InChI=1S/C16H24N2O/c1-10(2)17-13(6)18(11(3)4)16-9-14(12(5)19)7-8-15(16)17/h7-11,13H,1-6H3. The van der Waals surface area contributed by atoms with Gasteiger partial charge in [-0.25, -0.2) is 0 Å². The Morgan fingerprint density at radius 3 is 2.05 bits per heavy atom. The number of rotatable bonds is 3. The van der Waals surface area contributed by atoms with Crippen molar-refractivity contribution in [3.63, 3.8) is 0 Å². The maximum absolute atomic E-state index is 11.6. The van der Waals surface area contributed by atoms with Crippen molar-refractivity contribution in [1.29, 1.82) is 0 Å². The predicted octanol–water partition coefficient (Wildman–Crippen LogP) is 3.68. The number of anilines is 2. The number of Topliss-reactive ketones (excluding diaryl/α,β-unsaturated/α-hetero) is 1. The second kappa shape index (κ2) is 4.87. The molecular weight excluding hydrogens is 236 g/mol. The van der Waals surface area contributed by atoms with Gasteiger partial charge in [-0.3, -0.25) is 4.79 Å². The average Bonchev–Trinajstić information content (AvgIpc) is 2.59. The fourth-order valence-electron chi connectivity index (χ4n) is 3.12. The van der Waals surface area contributed by atoms with Gasteiger partial charge in [-0.05, 0) is 59.7 Å². The van der Waals surface area contributed by atoms with E-state index in [9.17, 15) is 4.79 Å². The lowest BCUT2D eigenvalue weighted by molar-refractivity contribution is 0.101. The molecule has 104 valence electrons. The Bertz CT molecular complexity index is 494. The molecule has 0 radical (unpaired) electrons. The van der Waals surface area contributed by atoms with Crippen LogP contribution in [-0.2, 0) is 0 Å². The fraction of sp³-hybridized carbons (Fsp3) is 0.562.